The second-order valence-corrected chi connectivity index (χ2v) is 13.3. The van der Waals surface area contributed by atoms with Crippen molar-refractivity contribution in [1.82, 2.24) is 14.9 Å². The summed E-state index contributed by atoms with van der Waals surface area (Å²) in [6.45, 7) is 9.15. The Morgan fingerprint density at radius 3 is 2.38 bits per heavy atom. The number of nitrogens with one attached hydrogen (secondary N) is 2. The number of anilines is 5. The van der Waals surface area contributed by atoms with Gasteiger partial charge in [-0.05, 0) is 78.9 Å². The second kappa shape index (κ2) is 12.3. The minimum atomic E-state index is -3.56. The highest BCUT2D eigenvalue weighted by molar-refractivity contribution is 7.92. The van der Waals surface area contributed by atoms with E-state index in [9.17, 15) is 13.5 Å². The van der Waals surface area contributed by atoms with E-state index in [-0.39, 0.29) is 28.5 Å². The molecule has 1 aliphatic rings. The molecular formula is C29H40N6O4S. The number of piperidine rings is 1. The van der Waals surface area contributed by atoms with Gasteiger partial charge >= 0.3 is 0 Å². The number of nitrogens with zero attached hydrogens (tertiary/aromatic N) is 4. The highest BCUT2D eigenvalue weighted by Gasteiger charge is 2.24. The molecule has 10 nitrogen and oxygen atoms in total. The van der Waals surface area contributed by atoms with Crippen molar-refractivity contribution in [2.75, 3.05) is 42.7 Å². The molecule has 2 aromatic carbocycles. The quantitative estimate of drug-likeness (QED) is 0.302. The fourth-order valence-corrected chi connectivity index (χ4v) is 5.85. The fourth-order valence-electron chi connectivity index (χ4n) is 4.65. The number of para-hydroxylation sites is 1. The van der Waals surface area contributed by atoms with E-state index >= 15 is 0 Å². The minimum Gasteiger partial charge on any atom is -0.503 e. The summed E-state index contributed by atoms with van der Waals surface area (Å²) in [7, 11) is 0.703. The molecule has 40 heavy (non-hydrogen) atoms. The molecule has 1 aromatic heterocycles. The van der Waals surface area contributed by atoms with Crippen molar-refractivity contribution < 1.29 is 18.3 Å². The maximum atomic E-state index is 12.9. The Morgan fingerprint density at radius 2 is 1.73 bits per heavy atom. The molecular weight excluding hydrogens is 528 g/mol. The fraction of sp³-hybridized carbons (Fsp3) is 0.448. The van der Waals surface area contributed by atoms with Crippen LogP contribution in [0, 0.1) is 0 Å². The topological polar surface area (TPSA) is 120 Å². The molecule has 0 aliphatic carbocycles. The zero-order chi connectivity index (χ0) is 29.0. The van der Waals surface area contributed by atoms with E-state index < -0.39 is 15.1 Å². The van der Waals surface area contributed by atoms with E-state index in [0.29, 0.717) is 23.2 Å². The molecule has 3 N–H and O–H groups in total. The van der Waals surface area contributed by atoms with Gasteiger partial charge in [-0.25, -0.2) is 13.4 Å². The van der Waals surface area contributed by atoms with Gasteiger partial charge in [0.05, 0.1) is 33.8 Å². The van der Waals surface area contributed by atoms with Crippen molar-refractivity contribution in [3.05, 3.63) is 48.7 Å². The van der Waals surface area contributed by atoms with Gasteiger partial charge in [-0.2, -0.15) is 4.98 Å². The van der Waals surface area contributed by atoms with Crippen LogP contribution in [0.15, 0.2) is 53.6 Å². The number of hydrogen-bond donors (Lipinski definition) is 3. The predicted molar refractivity (Wildman–Crippen MR) is 160 cm³/mol. The summed E-state index contributed by atoms with van der Waals surface area (Å²) in [6, 6.07) is 13.2. The SMILES string of the molecule is CC(C)Oc1cc(N2CCC(N(C)C)CC2)ccc1Nc1ncc(O)c(Nc2ccccc2S(=O)(=O)C(C)C)n1. The van der Waals surface area contributed by atoms with Gasteiger partial charge in [0.1, 0.15) is 5.75 Å². The number of aromatic nitrogens is 2. The maximum Gasteiger partial charge on any atom is 0.229 e. The summed E-state index contributed by atoms with van der Waals surface area (Å²) in [5.74, 6) is 0.757. The highest BCUT2D eigenvalue weighted by atomic mass is 32.2. The van der Waals surface area contributed by atoms with Crippen LogP contribution in [0.2, 0.25) is 0 Å². The van der Waals surface area contributed by atoms with Gasteiger partial charge < -0.3 is 30.3 Å². The first-order valence-electron chi connectivity index (χ1n) is 13.6. The summed E-state index contributed by atoms with van der Waals surface area (Å²) in [5, 5.41) is 16.1. The van der Waals surface area contributed by atoms with Crippen molar-refractivity contribution in [1.29, 1.82) is 0 Å². The molecule has 0 radical (unpaired) electrons. The molecule has 3 aromatic rings. The van der Waals surface area contributed by atoms with Crippen molar-refractivity contribution in [2.24, 2.45) is 0 Å². The molecule has 0 bridgehead atoms. The number of rotatable bonds is 10. The number of aromatic hydroxyl groups is 1. The summed E-state index contributed by atoms with van der Waals surface area (Å²) in [5.41, 5.74) is 2.10. The lowest BCUT2D eigenvalue weighted by Gasteiger charge is -2.36. The maximum absolute atomic E-state index is 12.9. The summed E-state index contributed by atoms with van der Waals surface area (Å²) in [4.78, 5) is 13.5. The van der Waals surface area contributed by atoms with Gasteiger partial charge in [0.25, 0.3) is 0 Å². The normalized spacial score (nSPS) is 14.7. The molecule has 2 heterocycles. The lowest BCUT2D eigenvalue weighted by molar-refractivity contribution is 0.243. The van der Waals surface area contributed by atoms with Gasteiger partial charge in [-0.1, -0.05) is 12.1 Å². The Labute approximate surface area is 237 Å². The molecule has 0 atom stereocenters. The third-order valence-electron chi connectivity index (χ3n) is 6.97. The van der Waals surface area contributed by atoms with Crippen molar-refractivity contribution in [3.8, 4) is 11.5 Å². The minimum absolute atomic E-state index is 0.0485. The summed E-state index contributed by atoms with van der Waals surface area (Å²) >= 11 is 0. The third kappa shape index (κ3) is 6.76. The molecule has 0 spiro atoms. The smallest absolute Gasteiger partial charge is 0.229 e. The highest BCUT2D eigenvalue weighted by Crippen LogP contribution is 2.35. The van der Waals surface area contributed by atoms with Crippen LogP contribution in [0.25, 0.3) is 0 Å². The van der Waals surface area contributed by atoms with Crippen LogP contribution in [0.5, 0.6) is 11.5 Å². The van der Waals surface area contributed by atoms with Gasteiger partial charge in [-0.3, -0.25) is 0 Å². The Kier molecular flexibility index (Phi) is 9.05. The largest absolute Gasteiger partial charge is 0.503 e. The van der Waals surface area contributed by atoms with Crippen LogP contribution in [-0.4, -0.2) is 73.0 Å². The number of benzene rings is 2. The van der Waals surface area contributed by atoms with Crippen molar-refractivity contribution >= 4 is 38.7 Å². The van der Waals surface area contributed by atoms with E-state index in [2.05, 4.69) is 50.6 Å². The van der Waals surface area contributed by atoms with E-state index in [1.807, 2.05) is 26.0 Å². The van der Waals surface area contributed by atoms with Crippen LogP contribution in [0.4, 0.5) is 28.8 Å². The van der Waals surface area contributed by atoms with Crippen LogP contribution in [0.1, 0.15) is 40.5 Å². The van der Waals surface area contributed by atoms with Gasteiger partial charge in [-0.15, -0.1) is 0 Å². The molecule has 0 amide bonds. The Morgan fingerprint density at radius 1 is 1.02 bits per heavy atom. The third-order valence-corrected chi connectivity index (χ3v) is 9.18. The average Bonchev–Trinajstić information content (AvgIpc) is 2.91. The van der Waals surface area contributed by atoms with Crippen LogP contribution in [0.3, 0.4) is 0 Å². The zero-order valence-corrected chi connectivity index (χ0v) is 24.9. The predicted octanol–water partition coefficient (Wildman–Crippen LogP) is 5.17. The molecule has 11 heteroatoms. The van der Waals surface area contributed by atoms with Gasteiger partial charge in [0.15, 0.2) is 21.4 Å². The monoisotopic (exact) mass is 568 g/mol. The van der Waals surface area contributed by atoms with Crippen LogP contribution in [-0.2, 0) is 9.84 Å². The first-order valence-corrected chi connectivity index (χ1v) is 15.2. The molecule has 1 aliphatic heterocycles. The van der Waals surface area contributed by atoms with E-state index in [0.717, 1.165) is 31.6 Å². The van der Waals surface area contributed by atoms with E-state index in [1.165, 1.54) is 12.3 Å². The standard InChI is InChI=1S/C29H40N6O4S/c1-19(2)39-26-17-22(35-15-13-21(14-16-35)34(5)6)11-12-23(26)32-29-30-18-25(36)28(33-29)31-24-9-7-8-10-27(24)40(37,38)20(3)4/h7-12,17-21,36H,13-16H2,1-6H3,(H2,30,31,32,33). The molecule has 4 rings (SSSR count). The number of hydrogen-bond acceptors (Lipinski definition) is 10. The summed E-state index contributed by atoms with van der Waals surface area (Å²) < 4.78 is 31.9. The van der Waals surface area contributed by atoms with E-state index in [1.54, 1.807) is 32.0 Å². The first kappa shape index (κ1) is 29.4. The Balaban J connectivity index is 1.59. The number of ether oxygens (including phenoxy) is 1. The Hall–Kier alpha value is -3.57. The number of sulfone groups is 1. The van der Waals surface area contributed by atoms with Crippen LogP contribution < -0.4 is 20.3 Å². The molecule has 0 saturated carbocycles. The molecule has 0 unspecified atom stereocenters. The molecule has 216 valence electrons. The second-order valence-electron chi connectivity index (χ2n) is 10.8. The first-order chi connectivity index (χ1) is 19.0. The molecule has 1 saturated heterocycles. The van der Waals surface area contributed by atoms with E-state index in [4.69, 9.17) is 4.74 Å². The van der Waals surface area contributed by atoms with Gasteiger partial charge in [0.2, 0.25) is 5.95 Å². The lowest BCUT2D eigenvalue weighted by atomic mass is 10.0. The molecule has 1 fully saturated rings. The van der Waals surface area contributed by atoms with Crippen LogP contribution >= 0.6 is 0 Å². The van der Waals surface area contributed by atoms with Gasteiger partial charge in [0, 0.05) is 30.9 Å². The van der Waals surface area contributed by atoms with Crippen molar-refractivity contribution in [2.45, 2.75) is 62.8 Å². The lowest BCUT2D eigenvalue weighted by Crippen LogP contribution is -2.42. The zero-order valence-electron chi connectivity index (χ0n) is 24.0. The Bertz CT molecular complexity index is 1420. The average molecular weight is 569 g/mol. The van der Waals surface area contributed by atoms with Crippen molar-refractivity contribution in [3.63, 3.8) is 0 Å². The summed E-state index contributed by atoms with van der Waals surface area (Å²) in [6.07, 6.45) is 3.43.